The molecule has 0 atom stereocenters. The lowest BCUT2D eigenvalue weighted by Crippen LogP contribution is -2.03. The topological polar surface area (TPSA) is 64.7 Å². The van der Waals surface area contributed by atoms with Crippen molar-refractivity contribution < 1.29 is 0 Å². The van der Waals surface area contributed by atoms with E-state index in [1.807, 2.05) is 6.07 Å². The van der Waals surface area contributed by atoms with E-state index in [2.05, 4.69) is 15.0 Å². The average Bonchev–Trinajstić information content (AvgIpc) is 2.35. The van der Waals surface area contributed by atoms with Crippen molar-refractivity contribution in [1.29, 1.82) is 0 Å². The highest BCUT2D eigenvalue weighted by Gasteiger charge is 2.02. The highest BCUT2D eigenvalue weighted by atomic mass is 35.5. The van der Waals surface area contributed by atoms with Crippen molar-refractivity contribution in [3.05, 3.63) is 41.3 Å². The number of halogens is 1. The van der Waals surface area contributed by atoms with Crippen LogP contribution in [0.25, 0.3) is 0 Å². The van der Waals surface area contributed by atoms with Crippen LogP contribution in [0.5, 0.6) is 0 Å². The quantitative estimate of drug-likeness (QED) is 0.860. The third-order valence-corrected chi connectivity index (χ3v) is 3.08. The minimum absolute atomic E-state index is 0.606. The summed E-state index contributed by atoms with van der Waals surface area (Å²) in [5.41, 5.74) is 6.50. The predicted octanol–water partition coefficient (Wildman–Crippen LogP) is 2.18. The molecule has 0 fully saturated rings. The van der Waals surface area contributed by atoms with Gasteiger partial charge in [0.25, 0.3) is 0 Å². The summed E-state index contributed by atoms with van der Waals surface area (Å²) < 4.78 is 0. The van der Waals surface area contributed by atoms with Gasteiger partial charge in [0.2, 0.25) is 0 Å². The van der Waals surface area contributed by atoms with Gasteiger partial charge in [0.1, 0.15) is 5.03 Å². The first-order valence-corrected chi connectivity index (χ1v) is 6.28. The van der Waals surface area contributed by atoms with Crippen LogP contribution in [0.2, 0.25) is 5.02 Å². The van der Waals surface area contributed by atoms with Gasteiger partial charge in [0.05, 0.1) is 5.02 Å². The zero-order valence-electron chi connectivity index (χ0n) is 9.01. The number of aromatic nitrogens is 3. The molecule has 0 saturated carbocycles. The van der Waals surface area contributed by atoms with Crippen molar-refractivity contribution in [2.24, 2.45) is 5.73 Å². The van der Waals surface area contributed by atoms with E-state index in [0.717, 1.165) is 17.0 Å². The van der Waals surface area contributed by atoms with Gasteiger partial charge in [-0.3, -0.25) is 0 Å². The number of rotatable bonds is 4. The third-order valence-electron chi connectivity index (χ3n) is 2.01. The van der Waals surface area contributed by atoms with Crippen LogP contribution in [0.1, 0.15) is 5.56 Å². The first-order valence-electron chi connectivity index (χ1n) is 5.08. The maximum atomic E-state index is 5.76. The highest BCUT2D eigenvalue weighted by molar-refractivity contribution is 7.99. The standard InChI is InChI=1S/C11H11ClN4S/c12-9-1-2-10(14-7-9)17-11-15-5-8(3-4-13)6-16-11/h1-2,5-7H,3-4,13H2. The molecule has 0 aliphatic rings. The number of hydrogen-bond donors (Lipinski definition) is 1. The van der Waals surface area contributed by atoms with Crippen LogP contribution in [-0.4, -0.2) is 21.5 Å². The van der Waals surface area contributed by atoms with Gasteiger partial charge in [-0.2, -0.15) is 0 Å². The molecule has 0 unspecified atom stereocenters. The van der Waals surface area contributed by atoms with Crippen LogP contribution >= 0.6 is 23.4 Å². The van der Waals surface area contributed by atoms with E-state index < -0.39 is 0 Å². The normalized spacial score (nSPS) is 10.5. The highest BCUT2D eigenvalue weighted by Crippen LogP contribution is 2.22. The van der Waals surface area contributed by atoms with Crippen molar-refractivity contribution in [2.45, 2.75) is 16.6 Å². The molecule has 17 heavy (non-hydrogen) atoms. The summed E-state index contributed by atoms with van der Waals surface area (Å²) in [5, 5.41) is 2.11. The molecule has 2 rings (SSSR count). The molecule has 2 aromatic heterocycles. The Bertz CT molecular complexity index is 472. The van der Waals surface area contributed by atoms with Crippen LogP contribution in [0.4, 0.5) is 0 Å². The fraction of sp³-hybridized carbons (Fsp3) is 0.182. The number of nitrogens with two attached hydrogens (primary N) is 1. The lowest BCUT2D eigenvalue weighted by atomic mass is 10.2. The Morgan fingerprint density at radius 3 is 2.47 bits per heavy atom. The van der Waals surface area contributed by atoms with Crippen molar-refractivity contribution in [3.8, 4) is 0 Å². The van der Waals surface area contributed by atoms with Crippen LogP contribution < -0.4 is 5.73 Å². The van der Waals surface area contributed by atoms with E-state index >= 15 is 0 Å². The molecule has 0 aliphatic heterocycles. The second-order valence-corrected chi connectivity index (χ2v) is 4.75. The summed E-state index contributed by atoms with van der Waals surface area (Å²) in [6, 6.07) is 3.63. The number of pyridine rings is 1. The molecule has 0 saturated heterocycles. The smallest absolute Gasteiger partial charge is 0.193 e. The van der Waals surface area contributed by atoms with Crippen LogP contribution in [0.15, 0.2) is 40.9 Å². The van der Waals surface area contributed by atoms with E-state index in [4.69, 9.17) is 17.3 Å². The van der Waals surface area contributed by atoms with Gasteiger partial charge >= 0.3 is 0 Å². The van der Waals surface area contributed by atoms with Crippen molar-refractivity contribution in [2.75, 3.05) is 6.54 Å². The maximum Gasteiger partial charge on any atom is 0.193 e. The number of hydrogen-bond acceptors (Lipinski definition) is 5. The molecular formula is C11H11ClN4S. The van der Waals surface area contributed by atoms with Crippen LogP contribution in [-0.2, 0) is 6.42 Å². The fourth-order valence-electron chi connectivity index (χ4n) is 1.21. The van der Waals surface area contributed by atoms with Crippen LogP contribution in [0, 0.1) is 0 Å². The van der Waals surface area contributed by atoms with Crippen molar-refractivity contribution >= 4 is 23.4 Å². The Morgan fingerprint density at radius 1 is 1.12 bits per heavy atom. The first kappa shape index (κ1) is 12.3. The molecule has 0 radical (unpaired) electrons. The predicted molar refractivity (Wildman–Crippen MR) is 68.2 cm³/mol. The second-order valence-electron chi connectivity index (χ2n) is 3.33. The van der Waals surface area contributed by atoms with Crippen molar-refractivity contribution in [3.63, 3.8) is 0 Å². The SMILES string of the molecule is NCCc1cnc(Sc2ccc(Cl)cn2)nc1. The number of nitrogens with zero attached hydrogens (tertiary/aromatic N) is 3. The summed E-state index contributed by atoms with van der Waals surface area (Å²) in [6.45, 7) is 0.606. The van der Waals surface area contributed by atoms with E-state index in [1.165, 1.54) is 11.8 Å². The zero-order valence-corrected chi connectivity index (χ0v) is 10.6. The average molecular weight is 267 g/mol. The fourth-order valence-corrected chi connectivity index (χ4v) is 1.96. The lowest BCUT2D eigenvalue weighted by molar-refractivity contribution is 0.889. The zero-order chi connectivity index (χ0) is 12.1. The molecule has 0 amide bonds. The molecule has 0 bridgehead atoms. The van der Waals surface area contributed by atoms with Crippen molar-refractivity contribution in [1.82, 2.24) is 15.0 Å². The summed E-state index contributed by atoms with van der Waals surface area (Å²) in [6.07, 6.45) is 5.98. The molecular weight excluding hydrogens is 256 g/mol. The molecule has 0 spiro atoms. The van der Waals surface area contributed by atoms with Gasteiger partial charge < -0.3 is 5.73 Å². The summed E-state index contributed by atoms with van der Waals surface area (Å²) in [5.74, 6) is 0. The minimum atomic E-state index is 0.606. The third kappa shape index (κ3) is 3.66. The van der Waals surface area contributed by atoms with E-state index in [0.29, 0.717) is 16.7 Å². The molecule has 2 heterocycles. The molecule has 88 valence electrons. The molecule has 0 aliphatic carbocycles. The Balaban J connectivity index is 2.05. The first-order chi connectivity index (χ1) is 8.28. The van der Waals surface area contributed by atoms with Crippen LogP contribution in [0.3, 0.4) is 0 Å². The molecule has 4 nitrogen and oxygen atoms in total. The molecule has 6 heteroatoms. The van der Waals surface area contributed by atoms with E-state index in [9.17, 15) is 0 Å². The minimum Gasteiger partial charge on any atom is -0.330 e. The molecule has 0 aromatic carbocycles. The van der Waals surface area contributed by atoms with Gasteiger partial charge in [-0.15, -0.1) is 0 Å². The van der Waals surface area contributed by atoms with Gasteiger partial charge in [-0.1, -0.05) is 11.6 Å². The Morgan fingerprint density at radius 2 is 1.88 bits per heavy atom. The Kier molecular flexibility index (Phi) is 4.30. The summed E-state index contributed by atoms with van der Waals surface area (Å²) in [4.78, 5) is 12.6. The van der Waals surface area contributed by atoms with E-state index in [-0.39, 0.29) is 0 Å². The van der Waals surface area contributed by atoms with Gasteiger partial charge in [-0.25, -0.2) is 15.0 Å². The van der Waals surface area contributed by atoms with E-state index in [1.54, 1.807) is 24.7 Å². The largest absolute Gasteiger partial charge is 0.330 e. The summed E-state index contributed by atoms with van der Waals surface area (Å²) >= 11 is 7.16. The van der Waals surface area contributed by atoms with Gasteiger partial charge in [-0.05, 0) is 42.4 Å². The second kappa shape index (κ2) is 5.95. The van der Waals surface area contributed by atoms with Gasteiger partial charge in [0, 0.05) is 18.6 Å². The maximum absolute atomic E-state index is 5.76. The monoisotopic (exact) mass is 266 g/mol. The molecule has 2 N–H and O–H groups in total. The Labute approximate surface area is 109 Å². The van der Waals surface area contributed by atoms with Gasteiger partial charge in [0.15, 0.2) is 5.16 Å². The summed E-state index contributed by atoms with van der Waals surface area (Å²) in [7, 11) is 0. The molecule has 2 aromatic rings. The Hall–Kier alpha value is -1.17. The lowest BCUT2D eigenvalue weighted by Gasteiger charge is -2.01.